The van der Waals surface area contributed by atoms with Crippen LogP contribution in [0.4, 0.5) is 9.39 Å². The van der Waals surface area contributed by atoms with Crippen LogP contribution in [-0.4, -0.2) is 39.0 Å². The van der Waals surface area contributed by atoms with Crippen LogP contribution in [0.2, 0.25) is 0 Å². The van der Waals surface area contributed by atoms with Gasteiger partial charge in [-0.15, -0.1) is 28.1 Å². The molecule has 1 unspecified atom stereocenters. The van der Waals surface area contributed by atoms with Crippen molar-refractivity contribution in [1.29, 1.82) is 0 Å². The van der Waals surface area contributed by atoms with E-state index in [0.29, 0.717) is 33.8 Å². The SMILES string of the molecule is C=CCn1c(SCC(=O)Nc2sc3c(c2C(=O)OCC)CCCC3)nnc1C(C)Oc1ccc(F)cc1. The molecule has 0 radical (unpaired) electrons. The Hall–Kier alpha value is -3.18. The second kappa shape index (κ2) is 12.4. The number of anilines is 1. The molecule has 0 bridgehead atoms. The van der Waals surface area contributed by atoms with Crippen molar-refractivity contribution in [2.45, 2.75) is 57.3 Å². The van der Waals surface area contributed by atoms with Gasteiger partial charge in [0.15, 0.2) is 17.1 Å². The highest BCUT2D eigenvalue weighted by Crippen LogP contribution is 2.38. The van der Waals surface area contributed by atoms with Crippen molar-refractivity contribution in [2.75, 3.05) is 17.7 Å². The van der Waals surface area contributed by atoms with Crippen molar-refractivity contribution in [3.63, 3.8) is 0 Å². The van der Waals surface area contributed by atoms with Gasteiger partial charge in [-0.2, -0.15) is 0 Å². The monoisotopic (exact) mass is 544 g/mol. The summed E-state index contributed by atoms with van der Waals surface area (Å²) in [6.45, 7) is 8.10. The average Bonchev–Trinajstić information content (AvgIpc) is 3.45. The number of nitrogens with one attached hydrogen (secondary N) is 1. The van der Waals surface area contributed by atoms with E-state index in [0.717, 1.165) is 36.1 Å². The van der Waals surface area contributed by atoms with Crippen LogP contribution in [0, 0.1) is 5.82 Å². The summed E-state index contributed by atoms with van der Waals surface area (Å²) < 4.78 is 26.2. The highest BCUT2D eigenvalue weighted by Gasteiger charge is 2.27. The van der Waals surface area contributed by atoms with E-state index < -0.39 is 12.1 Å². The minimum absolute atomic E-state index is 0.0767. The number of thiophene rings is 1. The number of rotatable bonds is 11. The number of benzene rings is 1. The average molecular weight is 545 g/mol. The van der Waals surface area contributed by atoms with Gasteiger partial charge in [0.05, 0.1) is 17.9 Å². The Morgan fingerprint density at radius 2 is 2.03 bits per heavy atom. The zero-order chi connectivity index (χ0) is 26.4. The van der Waals surface area contributed by atoms with Gasteiger partial charge in [0.2, 0.25) is 5.91 Å². The lowest BCUT2D eigenvalue weighted by molar-refractivity contribution is -0.113. The van der Waals surface area contributed by atoms with Gasteiger partial charge in [-0.25, -0.2) is 9.18 Å². The third-order valence-electron chi connectivity index (χ3n) is 5.78. The van der Waals surface area contributed by atoms with Crippen LogP contribution in [0.5, 0.6) is 5.75 Å². The first kappa shape index (κ1) is 26.9. The minimum atomic E-state index is -0.467. The topological polar surface area (TPSA) is 95.3 Å². The molecule has 0 saturated heterocycles. The molecule has 37 heavy (non-hydrogen) atoms. The molecule has 1 aromatic carbocycles. The molecule has 1 N–H and O–H groups in total. The highest BCUT2D eigenvalue weighted by molar-refractivity contribution is 7.99. The van der Waals surface area contributed by atoms with E-state index in [4.69, 9.17) is 9.47 Å². The Morgan fingerprint density at radius 3 is 2.76 bits per heavy atom. The van der Waals surface area contributed by atoms with Crippen LogP contribution >= 0.6 is 23.1 Å². The van der Waals surface area contributed by atoms with Gasteiger partial charge < -0.3 is 14.8 Å². The number of fused-ring (bicyclic) bond motifs is 1. The number of carbonyl (C=O) groups excluding carboxylic acids is 2. The third-order valence-corrected chi connectivity index (χ3v) is 7.96. The molecule has 4 rings (SSSR count). The number of esters is 1. The van der Waals surface area contributed by atoms with Crippen LogP contribution in [0.1, 0.15) is 59.4 Å². The van der Waals surface area contributed by atoms with Crippen molar-refractivity contribution >= 4 is 40.0 Å². The maximum atomic E-state index is 13.2. The Bertz CT molecular complexity index is 1270. The number of carbonyl (C=O) groups is 2. The van der Waals surface area contributed by atoms with Gasteiger partial charge in [0, 0.05) is 11.4 Å². The number of aromatic nitrogens is 3. The number of amides is 1. The number of ether oxygens (including phenoxy) is 2. The Labute approximate surface area is 223 Å². The number of aryl methyl sites for hydroxylation is 1. The number of thioether (sulfide) groups is 1. The fraction of sp³-hybridized carbons (Fsp3) is 0.385. The lowest BCUT2D eigenvalue weighted by Crippen LogP contribution is -2.17. The second-order valence-corrected chi connectivity index (χ2v) is 10.5. The van der Waals surface area contributed by atoms with Gasteiger partial charge >= 0.3 is 5.97 Å². The van der Waals surface area contributed by atoms with Crippen LogP contribution < -0.4 is 10.1 Å². The van der Waals surface area contributed by atoms with Crippen LogP contribution in [0.3, 0.4) is 0 Å². The van der Waals surface area contributed by atoms with Crippen molar-refractivity contribution in [2.24, 2.45) is 0 Å². The maximum absolute atomic E-state index is 13.2. The predicted octanol–water partition coefficient (Wildman–Crippen LogP) is 5.59. The molecule has 0 aliphatic heterocycles. The summed E-state index contributed by atoms with van der Waals surface area (Å²) in [4.78, 5) is 26.7. The Kier molecular flexibility index (Phi) is 8.99. The second-order valence-electron chi connectivity index (χ2n) is 8.43. The number of allylic oxidation sites excluding steroid dienone is 1. The first-order valence-electron chi connectivity index (χ1n) is 12.1. The normalized spacial score (nSPS) is 13.5. The lowest BCUT2D eigenvalue weighted by Gasteiger charge is -2.15. The van der Waals surface area contributed by atoms with Gasteiger partial charge in [-0.1, -0.05) is 17.8 Å². The fourth-order valence-electron chi connectivity index (χ4n) is 4.14. The molecule has 0 saturated carbocycles. The zero-order valence-electron chi connectivity index (χ0n) is 20.8. The van der Waals surface area contributed by atoms with Crippen molar-refractivity contribution in [3.05, 3.63) is 64.6 Å². The summed E-state index contributed by atoms with van der Waals surface area (Å²) in [5.74, 6) is 0.154. The first-order chi connectivity index (χ1) is 17.9. The number of halogens is 1. The molecule has 1 atom stereocenters. The summed E-state index contributed by atoms with van der Waals surface area (Å²) in [7, 11) is 0. The fourth-order valence-corrected chi connectivity index (χ4v) is 6.19. The molecule has 3 aromatic rings. The van der Waals surface area contributed by atoms with E-state index in [9.17, 15) is 14.0 Å². The molecular formula is C26H29FN4O4S2. The molecule has 0 spiro atoms. The van der Waals surface area contributed by atoms with E-state index in [1.165, 1.54) is 35.2 Å². The summed E-state index contributed by atoms with van der Waals surface area (Å²) in [6.07, 6.45) is 5.06. The largest absolute Gasteiger partial charge is 0.483 e. The molecule has 1 aliphatic carbocycles. The smallest absolute Gasteiger partial charge is 0.341 e. The molecule has 2 aromatic heterocycles. The molecule has 2 heterocycles. The van der Waals surface area contributed by atoms with E-state index in [1.807, 2.05) is 11.5 Å². The molecule has 8 nitrogen and oxygen atoms in total. The maximum Gasteiger partial charge on any atom is 0.341 e. The Morgan fingerprint density at radius 1 is 1.27 bits per heavy atom. The van der Waals surface area contributed by atoms with Crippen molar-refractivity contribution < 1.29 is 23.5 Å². The molecule has 196 valence electrons. The minimum Gasteiger partial charge on any atom is -0.483 e. The van der Waals surface area contributed by atoms with Gasteiger partial charge in [-0.3, -0.25) is 9.36 Å². The van der Waals surface area contributed by atoms with Gasteiger partial charge in [0.25, 0.3) is 0 Å². The van der Waals surface area contributed by atoms with Crippen LogP contribution in [0.25, 0.3) is 0 Å². The van der Waals surface area contributed by atoms with E-state index in [2.05, 4.69) is 22.1 Å². The zero-order valence-corrected chi connectivity index (χ0v) is 22.4. The van der Waals surface area contributed by atoms with Crippen LogP contribution in [0.15, 0.2) is 42.1 Å². The quantitative estimate of drug-likeness (QED) is 0.191. The molecule has 1 aliphatic rings. The summed E-state index contributed by atoms with van der Waals surface area (Å²) in [5.41, 5.74) is 1.49. The van der Waals surface area contributed by atoms with E-state index in [-0.39, 0.29) is 24.1 Å². The van der Waals surface area contributed by atoms with Gasteiger partial charge in [-0.05, 0) is 69.4 Å². The highest BCUT2D eigenvalue weighted by atomic mass is 32.2. The molecule has 0 fully saturated rings. The summed E-state index contributed by atoms with van der Waals surface area (Å²) >= 11 is 2.69. The third kappa shape index (κ3) is 6.40. The predicted molar refractivity (Wildman–Crippen MR) is 142 cm³/mol. The first-order valence-corrected chi connectivity index (χ1v) is 13.9. The summed E-state index contributed by atoms with van der Waals surface area (Å²) in [6, 6.07) is 5.75. The molecule has 1 amide bonds. The standard InChI is InChI=1S/C26H29FN4O4S2/c1-4-14-31-23(16(3)35-18-12-10-17(27)11-13-18)29-30-26(31)36-15-21(32)28-24-22(25(33)34-5-2)19-8-6-7-9-20(19)37-24/h4,10-13,16H,1,5-9,14-15H2,2-3H3,(H,28,32). The van der Waals surface area contributed by atoms with E-state index in [1.54, 1.807) is 25.1 Å². The lowest BCUT2D eigenvalue weighted by atomic mass is 9.95. The van der Waals surface area contributed by atoms with Crippen molar-refractivity contribution in [3.8, 4) is 5.75 Å². The molecule has 11 heteroatoms. The van der Waals surface area contributed by atoms with E-state index >= 15 is 0 Å². The number of nitrogens with zero attached hydrogens (tertiary/aromatic N) is 3. The van der Waals surface area contributed by atoms with Crippen molar-refractivity contribution in [1.82, 2.24) is 14.8 Å². The summed E-state index contributed by atoms with van der Waals surface area (Å²) in [5, 5.41) is 12.5. The molecular weight excluding hydrogens is 515 g/mol. The van der Waals surface area contributed by atoms with Gasteiger partial charge in [0.1, 0.15) is 16.6 Å². The number of hydrogen-bond acceptors (Lipinski definition) is 8. The van der Waals surface area contributed by atoms with Crippen LogP contribution in [-0.2, 0) is 28.9 Å². The number of hydrogen-bond donors (Lipinski definition) is 1. The Balaban J connectivity index is 1.45.